The average molecular weight is 351 g/mol. The van der Waals surface area contributed by atoms with E-state index in [1.807, 2.05) is 0 Å². The van der Waals surface area contributed by atoms with Crippen LogP contribution in [-0.2, 0) is 23.7 Å². The molecule has 0 aromatic heterocycles. The first-order valence-corrected chi connectivity index (χ1v) is 7.56. The van der Waals surface area contributed by atoms with Crippen LogP contribution in [0.25, 0.3) is 0 Å². The molecule has 0 unspecified atom stereocenters. The summed E-state index contributed by atoms with van der Waals surface area (Å²) < 4.78 is 20.7. The van der Waals surface area contributed by atoms with Crippen LogP contribution in [0.15, 0.2) is 0 Å². The molecule has 2 aliphatic heterocycles. The lowest BCUT2D eigenvalue weighted by Gasteiger charge is -2.43. The molecule has 10 nitrogen and oxygen atoms in total. The van der Waals surface area contributed by atoms with Crippen molar-refractivity contribution in [2.75, 3.05) is 6.61 Å². The van der Waals surface area contributed by atoms with E-state index >= 15 is 0 Å². The van der Waals surface area contributed by atoms with Crippen molar-refractivity contribution in [3.8, 4) is 0 Å². The van der Waals surface area contributed by atoms with Crippen LogP contribution < -0.4 is 0 Å². The molecule has 0 saturated carbocycles. The van der Waals surface area contributed by atoms with Crippen LogP contribution in [0.1, 0.15) is 13.8 Å². The number of hydrogen-bond donors (Lipinski definition) is 5. The van der Waals surface area contributed by atoms with E-state index in [1.165, 1.54) is 6.92 Å². The highest BCUT2D eigenvalue weighted by atomic mass is 16.7. The molecule has 24 heavy (non-hydrogen) atoms. The summed E-state index contributed by atoms with van der Waals surface area (Å²) >= 11 is 0. The van der Waals surface area contributed by atoms with Gasteiger partial charge in [0.1, 0.15) is 43.2 Å². The van der Waals surface area contributed by atoms with Gasteiger partial charge in [-0.15, -0.1) is 0 Å². The Labute approximate surface area is 138 Å². The molecular formula is C14H23O10. The molecule has 1 radical (unpaired) electrons. The zero-order valence-corrected chi connectivity index (χ0v) is 13.3. The number of aliphatic hydroxyl groups is 5. The molecule has 10 heteroatoms. The van der Waals surface area contributed by atoms with Gasteiger partial charge in [-0.25, -0.2) is 0 Å². The van der Waals surface area contributed by atoms with Gasteiger partial charge in [0.05, 0.1) is 12.7 Å². The van der Waals surface area contributed by atoms with Gasteiger partial charge in [-0.1, -0.05) is 0 Å². The fraction of sp³-hybridized carbons (Fsp3) is 0.857. The Hall–Kier alpha value is -0.850. The summed E-state index contributed by atoms with van der Waals surface area (Å²) in [5, 5.41) is 49.0. The molecule has 0 aromatic carbocycles. The van der Waals surface area contributed by atoms with Crippen molar-refractivity contribution >= 4 is 5.97 Å². The van der Waals surface area contributed by atoms with Crippen molar-refractivity contribution < 1.29 is 49.3 Å². The molecule has 139 valence electrons. The topological polar surface area (TPSA) is 155 Å². The lowest BCUT2D eigenvalue weighted by atomic mass is 9.98. The van der Waals surface area contributed by atoms with Gasteiger partial charge in [0, 0.05) is 6.92 Å². The Kier molecular flexibility index (Phi) is 6.51. The van der Waals surface area contributed by atoms with Gasteiger partial charge >= 0.3 is 5.97 Å². The number of rotatable bonds is 4. The number of aliphatic hydroxyl groups excluding tert-OH is 5. The van der Waals surface area contributed by atoms with Gasteiger partial charge in [-0.3, -0.25) is 4.79 Å². The highest BCUT2D eigenvalue weighted by Crippen LogP contribution is 2.28. The molecule has 0 spiro atoms. The minimum absolute atomic E-state index is 0.496. The zero-order chi connectivity index (χ0) is 18.0. The van der Waals surface area contributed by atoms with Crippen molar-refractivity contribution in [1.82, 2.24) is 0 Å². The summed E-state index contributed by atoms with van der Waals surface area (Å²) in [5.74, 6) is -0.635. The van der Waals surface area contributed by atoms with E-state index in [0.717, 1.165) is 13.5 Å². The van der Waals surface area contributed by atoms with E-state index in [4.69, 9.17) is 24.1 Å². The Morgan fingerprint density at radius 2 is 1.79 bits per heavy atom. The van der Waals surface area contributed by atoms with Crippen molar-refractivity contribution in [3.05, 3.63) is 6.61 Å². The summed E-state index contributed by atoms with van der Waals surface area (Å²) in [5.41, 5.74) is 0. The highest BCUT2D eigenvalue weighted by molar-refractivity contribution is 5.66. The van der Waals surface area contributed by atoms with E-state index in [9.17, 15) is 25.2 Å². The Morgan fingerprint density at radius 3 is 2.38 bits per heavy atom. The SMILES string of the molecule is CC(=O)O[C@H]1[C@H](O)[C@H](O)[C@H](O[C@H]2[CH]O[C@H](CO)[C@@H](O)[C@@H]2O)O[C@@H]1C. The molecule has 0 aromatic rings. The molecular weight excluding hydrogens is 328 g/mol. The minimum atomic E-state index is -1.56. The van der Waals surface area contributed by atoms with Crippen molar-refractivity contribution in [1.29, 1.82) is 0 Å². The summed E-state index contributed by atoms with van der Waals surface area (Å²) in [6.45, 7) is 3.26. The molecule has 2 aliphatic rings. The van der Waals surface area contributed by atoms with Crippen molar-refractivity contribution in [3.63, 3.8) is 0 Å². The van der Waals surface area contributed by atoms with E-state index < -0.39 is 67.7 Å². The first-order chi connectivity index (χ1) is 11.3. The predicted molar refractivity (Wildman–Crippen MR) is 75.0 cm³/mol. The van der Waals surface area contributed by atoms with Crippen LogP contribution in [0.3, 0.4) is 0 Å². The van der Waals surface area contributed by atoms with Crippen LogP contribution in [0.2, 0.25) is 0 Å². The fourth-order valence-electron chi connectivity index (χ4n) is 2.64. The van der Waals surface area contributed by atoms with Gasteiger partial charge in [-0.2, -0.15) is 0 Å². The monoisotopic (exact) mass is 351 g/mol. The predicted octanol–water partition coefficient (Wildman–Crippen LogP) is -2.96. The Balaban J connectivity index is 1.99. The molecule has 0 aliphatic carbocycles. The van der Waals surface area contributed by atoms with E-state index in [1.54, 1.807) is 0 Å². The van der Waals surface area contributed by atoms with Gasteiger partial charge in [0.15, 0.2) is 12.4 Å². The third-order valence-corrected chi connectivity index (χ3v) is 4.00. The molecule has 0 bridgehead atoms. The zero-order valence-electron chi connectivity index (χ0n) is 13.3. The second-order valence-electron chi connectivity index (χ2n) is 5.84. The average Bonchev–Trinajstić information content (AvgIpc) is 2.53. The summed E-state index contributed by atoms with van der Waals surface area (Å²) in [4.78, 5) is 11.0. The van der Waals surface area contributed by atoms with Gasteiger partial charge in [0.2, 0.25) is 0 Å². The van der Waals surface area contributed by atoms with E-state index in [0.29, 0.717) is 0 Å². The lowest BCUT2D eigenvalue weighted by Crippen LogP contribution is -2.61. The summed E-state index contributed by atoms with van der Waals surface area (Å²) in [6, 6.07) is 0. The summed E-state index contributed by atoms with van der Waals surface area (Å²) in [7, 11) is 0. The second kappa shape index (κ2) is 8.02. The highest BCUT2D eigenvalue weighted by Gasteiger charge is 2.48. The first-order valence-electron chi connectivity index (χ1n) is 7.56. The van der Waals surface area contributed by atoms with Crippen LogP contribution in [0, 0.1) is 6.61 Å². The van der Waals surface area contributed by atoms with Gasteiger partial charge < -0.3 is 44.5 Å². The maximum absolute atomic E-state index is 11.0. The van der Waals surface area contributed by atoms with Crippen molar-refractivity contribution in [2.45, 2.75) is 69.0 Å². The molecule has 2 fully saturated rings. The van der Waals surface area contributed by atoms with Crippen LogP contribution in [0.5, 0.6) is 0 Å². The molecule has 2 saturated heterocycles. The van der Waals surface area contributed by atoms with Crippen LogP contribution >= 0.6 is 0 Å². The van der Waals surface area contributed by atoms with Crippen LogP contribution in [0.4, 0.5) is 0 Å². The van der Waals surface area contributed by atoms with Gasteiger partial charge in [0.25, 0.3) is 0 Å². The third-order valence-electron chi connectivity index (χ3n) is 4.00. The molecule has 2 rings (SSSR count). The van der Waals surface area contributed by atoms with Crippen molar-refractivity contribution in [2.24, 2.45) is 0 Å². The molecule has 5 N–H and O–H groups in total. The second-order valence-corrected chi connectivity index (χ2v) is 5.84. The number of esters is 1. The van der Waals surface area contributed by atoms with E-state index in [-0.39, 0.29) is 0 Å². The molecule has 2 heterocycles. The molecule has 0 amide bonds. The fourth-order valence-corrected chi connectivity index (χ4v) is 2.64. The Bertz CT molecular complexity index is 432. The normalized spacial score (nSPS) is 46.5. The maximum Gasteiger partial charge on any atom is 0.303 e. The van der Waals surface area contributed by atoms with Gasteiger partial charge in [-0.05, 0) is 6.92 Å². The summed E-state index contributed by atoms with van der Waals surface area (Å²) in [6.07, 6.45) is -11.2. The number of carbonyl (C=O) groups excluding carboxylic acids is 1. The lowest BCUT2D eigenvalue weighted by molar-refractivity contribution is -0.320. The minimum Gasteiger partial charge on any atom is -0.457 e. The smallest absolute Gasteiger partial charge is 0.303 e. The third kappa shape index (κ3) is 4.03. The largest absolute Gasteiger partial charge is 0.457 e. The molecule has 9 atom stereocenters. The number of hydrogen-bond acceptors (Lipinski definition) is 10. The van der Waals surface area contributed by atoms with E-state index in [2.05, 4.69) is 0 Å². The first kappa shape index (κ1) is 19.5. The number of carbonyl (C=O) groups is 1. The number of ether oxygens (including phenoxy) is 4. The maximum atomic E-state index is 11.0. The standard InChI is InChI=1S/C14H23O10/c1-5-13(23-6(2)16)11(19)12(20)14(22-5)24-8-4-21-7(3-15)9(17)10(8)18/h4-5,7-15,17-20H,3H2,1-2H3/t5-,7-,8+,9-,10-,11-,12+,13-,14+/m1/s1. The Morgan fingerprint density at radius 1 is 1.12 bits per heavy atom. The quantitative estimate of drug-likeness (QED) is 0.332. The van der Waals surface area contributed by atoms with Crippen LogP contribution in [-0.4, -0.2) is 93.2 Å².